The van der Waals surface area contributed by atoms with Crippen LogP contribution in [-0.4, -0.2) is 24.2 Å². The summed E-state index contributed by atoms with van der Waals surface area (Å²) in [5.41, 5.74) is 0.952. The molecule has 0 saturated carbocycles. The minimum atomic E-state index is -0.801. The molecular weight excluding hydrogens is 310 g/mol. The monoisotopic (exact) mass is 329 g/mol. The number of nitrogens with one attached hydrogen (secondary N) is 1. The summed E-state index contributed by atoms with van der Waals surface area (Å²) in [5.74, 6) is -0.0500. The van der Waals surface area contributed by atoms with Gasteiger partial charge < -0.3 is 15.2 Å². The molecule has 0 aliphatic heterocycles. The van der Waals surface area contributed by atoms with E-state index in [4.69, 9.17) is 9.84 Å². The van der Waals surface area contributed by atoms with Crippen molar-refractivity contribution in [3.8, 4) is 5.75 Å². The third-order valence-corrected chi connectivity index (χ3v) is 3.43. The van der Waals surface area contributed by atoms with Crippen molar-refractivity contribution in [3.05, 3.63) is 28.2 Å². The number of aliphatic carboxylic acids is 1. The molecule has 0 bridgehead atoms. The highest BCUT2D eigenvalue weighted by atomic mass is 79.9. The van der Waals surface area contributed by atoms with Gasteiger partial charge in [-0.05, 0) is 18.6 Å². The first kappa shape index (κ1) is 16.0. The first-order valence-corrected chi connectivity index (χ1v) is 7.16. The van der Waals surface area contributed by atoms with Crippen molar-refractivity contribution in [2.24, 2.45) is 0 Å². The number of rotatable bonds is 8. The fourth-order valence-electron chi connectivity index (χ4n) is 1.82. The predicted molar refractivity (Wildman–Crippen MR) is 78.5 cm³/mol. The zero-order valence-corrected chi connectivity index (χ0v) is 12.9. The second-order valence-corrected chi connectivity index (χ2v) is 5.29. The minimum Gasteiger partial charge on any atom is -0.496 e. The number of halogens is 1. The van der Waals surface area contributed by atoms with Crippen molar-refractivity contribution >= 4 is 21.9 Å². The molecule has 4 nitrogen and oxygen atoms in total. The Kier molecular flexibility index (Phi) is 6.87. The lowest BCUT2D eigenvalue weighted by Crippen LogP contribution is -2.36. The maximum absolute atomic E-state index is 11.1. The molecule has 5 heteroatoms. The van der Waals surface area contributed by atoms with E-state index < -0.39 is 12.0 Å². The Labute approximate surface area is 122 Å². The maximum Gasteiger partial charge on any atom is 0.320 e. The van der Waals surface area contributed by atoms with Gasteiger partial charge in [-0.2, -0.15) is 0 Å². The normalized spacial score (nSPS) is 12.2. The summed E-state index contributed by atoms with van der Waals surface area (Å²) in [5, 5.41) is 12.2. The van der Waals surface area contributed by atoms with Gasteiger partial charge in [-0.15, -0.1) is 0 Å². The first-order chi connectivity index (χ1) is 9.08. The Bertz CT molecular complexity index is 423. The van der Waals surface area contributed by atoms with E-state index in [-0.39, 0.29) is 0 Å². The molecule has 1 aromatic rings. The zero-order valence-electron chi connectivity index (χ0n) is 11.3. The largest absolute Gasteiger partial charge is 0.496 e. The molecule has 1 rings (SSSR count). The molecule has 2 N–H and O–H groups in total. The molecule has 0 aromatic heterocycles. The molecule has 1 unspecified atom stereocenters. The average molecular weight is 330 g/mol. The number of ether oxygens (including phenoxy) is 1. The third-order valence-electron chi connectivity index (χ3n) is 2.93. The highest BCUT2D eigenvalue weighted by Crippen LogP contribution is 2.23. The Hall–Kier alpha value is -1.07. The Morgan fingerprint density at radius 1 is 1.53 bits per heavy atom. The summed E-state index contributed by atoms with van der Waals surface area (Å²) in [7, 11) is 1.61. The number of carbonyl (C=O) groups is 1. The molecule has 0 saturated heterocycles. The lowest BCUT2D eigenvalue weighted by atomic mass is 10.1. The van der Waals surface area contributed by atoms with Crippen LogP contribution in [0.4, 0.5) is 0 Å². The van der Waals surface area contributed by atoms with Gasteiger partial charge in [0.2, 0.25) is 0 Å². The van der Waals surface area contributed by atoms with Gasteiger partial charge in [-0.1, -0.05) is 41.8 Å². The van der Waals surface area contributed by atoms with Crippen LogP contribution in [0.3, 0.4) is 0 Å². The molecule has 106 valence electrons. The third kappa shape index (κ3) is 5.20. The predicted octanol–water partition coefficient (Wildman–Crippen LogP) is 3.19. The van der Waals surface area contributed by atoms with Crippen LogP contribution < -0.4 is 10.1 Å². The van der Waals surface area contributed by atoms with Gasteiger partial charge >= 0.3 is 5.97 Å². The molecule has 0 radical (unpaired) electrons. The van der Waals surface area contributed by atoms with E-state index in [1.54, 1.807) is 7.11 Å². The van der Waals surface area contributed by atoms with Crippen LogP contribution in [0.2, 0.25) is 0 Å². The molecule has 0 spiro atoms. The molecular formula is C14H20BrNO3. The van der Waals surface area contributed by atoms with Gasteiger partial charge in [0.15, 0.2) is 0 Å². The second kappa shape index (κ2) is 8.17. The van der Waals surface area contributed by atoms with Crippen molar-refractivity contribution in [2.45, 2.75) is 38.8 Å². The summed E-state index contributed by atoms with van der Waals surface area (Å²) >= 11 is 3.38. The smallest absolute Gasteiger partial charge is 0.320 e. The highest BCUT2D eigenvalue weighted by molar-refractivity contribution is 9.10. The minimum absolute atomic E-state index is 0.483. The van der Waals surface area contributed by atoms with Crippen LogP contribution >= 0.6 is 15.9 Å². The fourth-order valence-corrected chi connectivity index (χ4v) is 2.16. The molecule has 0 fully saturated rings. The Morgan fingerprint density at radius 3 is 2.84 bits per heavy atom. The highest BCUT2D eigenvalue weighted by Gasteiger charge is 2.16. The van der Waals surface area contributed by atoms with Crippen molar-refractivity contribution in [2.75, 3.05) is 7.11 Å². The summed E-state index contributed by atoms with van der Waals surface area (Å²) in [4.78, 5) is 11.1. The molecule has 19 heavy (non-hydrogen) atoms. The molecule has 0 heterocycles. The van der Waals surface area contributed by atoms with Gasteiger partial charge in [0, 0.05) is 16.6 Å². The van der Waals surface area contributed by atoms with Gasteiger partial charge in [0.25, 0.3) is 0 Å². The molecule has 1 atom stereocenters. The van der Waals surface area contributed by atoms with Gasteiger partial charge in [0.05, 0.1) is 7.11 Å². The topological polar surface area (TPSA) is 58.6 Å². The number of carboxylic acids is 1. The van der Waals surface area contributed by atoms with E-state index in [1.165, 1.54) is 0 Å². The summed E-state index contributed by atoms with van der Waals surface area (Å²) in [6.45, 7) is 2.54. The van der Waals surface area contributed by atoms with Gasteiger partial charge in [0.1, 0.15) is 11.8 Å². The van der Waals surface area contributed by atoms with Crippen LogP contribution in [0, 0.1) is 0 Å². The van der Waals surface area contributed by atoms with Crippen LogP contribution in [-0.2, 0) is 11.3 Å². The summed E-state index contributed by atoms with van der Waals surface area (Å²) in [6, 6.07) is 5.21. The SMILES string of the molecule is CCCCC(NCc1ccc(Br)cc1OC)C(=O)O. The van der Waals surface area contributed by atoms with Crippen molar-refractivity contribution < 1.29 is 14.6 Å². The van der Waals surface area contributed by atoms with Crippen molar-refractivity contribution in [1.82, 2.24) is 5.32 Å². The summed E-state index contributed by atoms with van der Waals surface area (Å²) in [6.07, 6.45) is 2.54. The molecule has 0 aliphatic carbocycles. The average Bonchev–Trinajstić information content (AvgIpc) is 2.39. The lowest BCUT2D eigenvalue weighted by molar-refractivity contribution is -0.139. The quantitative estimate of drug-likeness (QED) is 0.769. The number of hydrogen-bond acceptors (Lipinski definition) is 3. The Balaban J connectivity index is 2.65. The van der Waals surface area contributed by atoms with E-state index in [2.05, 4.69) is 28.2 Å². The number of methoxy groups -OCH3 is 1. The van der Waals surface area contributed by atoms with E-state index >= 15 is 0 Å². The molecule has 0 amide bonds. The standard InChI is InChI=1S/C14H20BrNO3/c1-3-4-5-12(14(17)18)16-9-10-6-7-11(15)8-13(10)19-2/h6-8,12,16H,3-5,9H2,1-2H3,(H,17,18). The molecule has 0 aliphatic rings. The van der Waals surface area contributed by atoms with Crippen molar-refractivity contribution in [3.63, 3.8) is 0 Å². The van der Waals surface area contributed by atoms with E-state index in [1.807, 2.05) is 18.2 Å². The fraction of sp³-hybridized carbons (Fsp3) is 0.500. The van der Waals surface area contributed by atoms with Crippen LogP contribution in [0.1, 0.15) is 31.7 Å². The number of benzene rings is 1. The van der Waals surface area contributed by atoms with Crippen LogP contribution in [0.15, 0.2) is 22.7 Å². The van der Waals surface area contributed by atoms with Gasteiger partial charge in [-0.3, -0.25) is 4.79 Å². The van der Waals surface area contributed by atoms with Gasteiger partial charge in [-0.25, -0.2) is 0 Å². The number of carboxylic acid groups (broad SMARTS) is 1. The maximum atomic E-state index is 11.1. The first-order valence-electron chi connectivity index (χ1n) is 6.37. The van der Waals surface area contributed by atoms with Crippen LogP contribution in [0.25, 0.3) is 0 Å². The van der Waals surface area contributed by atoms with E-state index in [0.717, 1.165) is 28.6 Å². The Morgan fingerprint density at radius 2 is 2.26 bits per heavy atom. The van der Waals surface area contributed by atoms with E-state index in [0.29, 0.717) is 13.0 Å². The second-order valence-electron chi connectivity index (χ2n) is 4.37. The van der Waals surface area contributed by atoms with Crippen molar-refractivity contribution in [1.29, 1.82) is 0 Å². The lowest BCUT2D eigenvalue weighted by Gasteiger charge is -2.15. The number of hydrogen-bond donors (Lipinski definition) is 2. The van der Waals surface area contributed by atoms with E-state index in [9.17, 15) is 4.79 Å². The summed E-state index contributed by atoms with van der Waals surface area (Å²) < 4.78 is 6.22. The van der Waals surface area contributed by atoms with Crippen LogP contribution in [0.5, 0.6) is 5.75 Å². The number of unbranched alkanes of at least 4 members (excludes halogenated alkanes) is 1. The zero-order chi connectivity index (χ0) is 14.3. The molecule has 1 aromatic carbocycles.